The van der Waals surface area contributed by atoms with Crippen LogP contribution in [0.15, 0.2) is 24.3 Å². The Hall–Kier alpha value is -1.64. The van der Waals surface area contributed by atoms with E-state index in [0.29, 0.717) is 26.3 Å². The zero-order valence-corrected chi connectivity index (χ0v) is 17.5. The van der Waals surface area contributed by atoms with Crippen LogP contribution in [-0.2, 0) is 30.9 Å². The summed E-state index contributed by atoms with van der Waals surface area (Å²) in [5.74, 6) is 1.04. The van der Waals surface area contributed by atoms with Crippen LogP contribution in [0.1, 0.15) is 39.2 Å². The lowest BCUT2D eigenvalue weighted by Crippen LogP contribution is -2.44. The van der Waals surface area contributed by atoms with Crippen molar-refractivity contribution in [1.82, 2.24) is 4.90 Å². The molecule has 2 aliphatic heterocycles. The smallest absolute Gasteiger partial charge is 0.410 e. The van der Waals surface area contributed by atoms with Crippen LogP contribution in [-0.4, -0.2) is 53.2 Å². The van der Waals surface area contributed by atoms with Gasteiger partial charge in [-0.3, -0.25) is 8.37 Å². The summed E-state index contributed by atoms with van der Waals surface area (Å²) in [7, 11) is 0. The molecule has 8 heteroatoms. The molecule has 0 spiro atoms. The zero-order chi connectivity index (χ0) is 20.1. The SMILES string of the molecule is CC(C)(C)OC(=O)N1CCC(Oc2ccc(CC3COS(=O)OC3)cc2)CC1. The van der Waals surface area contributed by atoms with Gasteiger partial charge < -0.3 is 14.4 Å². The van der Waals surface area contributed by atoms with E-state index in [9.17, 15) is 9.00 Å². The molecule has 0 radical (unpaired) electrons. The second kappa shape index (κ2) is 9.24. The number of rotatable bonds is 4. The molecule has 0 aromatic heterocycles. The Balaban J connectivity index is 1.42. The predicted molar refractivity (Wildman–Crippen MR) is 105 cm³/mol. The van der Waals surface area contributed by atoms with Gasteiger partial charge in [0, 0.05) is 31.8 Å². The number of benzene rings is 1. The van der Waals surface area contributed by atoms with Crippen LogP contribution in [0.2, 0.25) is 0 Å². The lowest BCUT2D eigenvalue weighted by atomic mass is 10.0. The summed E-state index contributed by atoms with van der Waals surface area (Å²) < 4.78 is 32.6. The van der Waals surface area contributed by atoms with Crippen molar-refractivity contribution in [3.63, 3.8) is 0 Å². The fourth-order valence-electron chi connectivity index (χ4n) is 3.22. The minimum Gasteiger partial charge on any atom is -0.490 e. The predicted octanol–water partition coefficient (Wildman–Crippen LogP) is 3.25. The molecule has 28 heavy (non-hydrogen) atoms. The largest absolute Gasteiger partial charge is 0.490 e. The molecule has 1 aromatic carbocycles. The van der Waals surface area contributed by atoms with Crippen LogP contribution in [0.3, 0.4) is 0 Å². The number of amides is 1. The number of carbonyl (C=O) groups excluding carboxylic acids is 1. The number of ether oxygens (including phenoxy) is 2. The van der Waals surface area contributed by atoms with Gasteiger partial charge >= 0.3 is 17.5 Å². The van der Waals surface area contributed by atoms with E-state index in [1.54, 1.807) is 4.90 Å². The first-order valence-electron chi connectivity index (χ1n) is 9.70. The summed E-state index contributed by atoms with van der Waals surface area (Å²) in [6, 6.07) is 8.02. The Labute approximate surface area is 169 Å². The maximum absolute atomic E-state index is 12.1. The van der Waals surface area contributed by atoms with Gasteiger partial charge in [-0.05, 0) is 44.9 Å². The first-order chi connectivity index (χ1) is 13.3. The van der Waals surface area contributed by atoms with Gasteiger partial charge in [0.2, 0.25) is 0 Å². The Kier molecular flexibility index (Phi) is 6.95. The molecule has 0 unspecified atom stereocenters. The van der Waals surface area contributed by atoms with Gasteiger partial charge in [0.15, 0.2) is 0 Å². The molecule has 0 saturated carbocycles. The summed E-state index contributed by atoms with van der Waals surface area (Å²) in [5, 5.41) is 0. The van der Waals surface area contributed by atoms with Gasteiger partial charge in [0.25, 0.3) is 0 Å². The van der Waals surface area contributed by atoms with Crippen molar-refractivity contribution in [1.29, 1.82) is 0 Å². The van der Waals surface area contributed by atoms with Crippen molar-refractivity contribution in [3.8, 4) is 5.75 Å². The van der Waals surface area contributed by atoms with Crippen molar-refractivity contribution in [2.45, 2.75) is 51.7 Å². The molecule has 1 amide bonds. The van der Waals surface area contributed by atoms with Crippen molar-refractivity contribution in [2.24, 2.45) is 5.92 Å². The second-order valence-electron chi connectivity index (χ2n) is 8.27. The first kappa shape index (κ1) is 21.1. The summed E-state index contributed by atoms with van der Waals surface area (Å²) in [5.41, 5.74) is 0.691. The van der Waals surface area contributed by atoms with Crippen LogP contribution in [0.25, 0.3) is 0 Å². The van der Waals surface area contributed by atoms with Crippen molar-refractivity contribution in [2.75, 3.05) is 26.3 Å². The zero-order valence-electron chi connectivity index (χ0n) is 16.7. The van der Waals surface area contributed by atoms with Gasteiger partial charge in [-0.25, -0.2) is 4.79 Å². The molecule has 7 nitrogen and oxygen atoms in total. The van der Waals surface area contributed by atoms with Crippen LogP contribution in [0.4, 0.5) is 4.79 Å². The Morgan fingerprint density at radius 2 is 1.75 bits per heavy atom. The molecule has 3 rings (SSSR count). The van der Waals surface area contributed by atoms with Crippen LogP contribution in [0, 0.1) is 5.92 Å². The molecule has 2 aliphatic rings. The molecule has 0 bridgehead atoms. The topological polar surface area (TPSA) is 74.3 Å². The average Bonchev–Trinajstić information content (AvgIpc) is 2.64. The third-order valence-corrected chi connectivity index (χ3v) is 5.30. The van der Waals surface area contributed by atoms with E-state index in [1.807, 2.05) is 45.0 Å². The van der Waals surface area contributed by atoms with Crippen LogP contribution < -0.4 is 4.74 Å². The Bertz CT molecular complexity index is 669. The van der Waals surface area contributed by atoms with Gasteiger partial charge in [0.1, 0.15) is 17.5 Å². The average molecular weight is 412 g/mol. The molecule has 0 atom stereocenters. The number of likely N-dealkylation sites (tertiary alicyclic amines) is 1. The fourth-order valence-corrected chi connectivity index (χ4v) is 3.89. The highest BCUT2D eigenvalue weighted by Crippen LogP contribution is 2.22. The van der Waals surface area contributed by atoms with E-state index in [2.05, 4.69) is 0 Å². The van der Waals surface area contributed by atoms with Gasteiger partial charge in [-0.2, -0.15) is 4.21 Å². The normalized spacial score (nSPS) is 24.0. The summed E-state index contributed by atoms with van der Waals surface area (Å²) in [6.45, 7) is 7.79. The lowest BCUT2D eigenvalue weighted by molar-refractivity contribution is 0.0126. The number of carbonyl (C=O) groups is 1. The molecule has 2 fully saturated rings. The third kappa shape index (κ3) is 6.46. The Morgan fingerprint density at radius 1 is 1.14 bits per heavy atom. The van der Waals surface area contributed by atoms with E-state index < -0.39 is 17.0 Å². The molecule has 1 aromatic rings. The summed E-state index contributed by atoms with van der Waals surface area (Å²) in [4.78, 5) is 13.9. The molecule has 0 N–H and O–H groups in total. The van der Waals surface area contributed by atoms with Crippen molar-refractivity contribution in [3.05, 3.63) is 29.8 Å². The van der Waals surface area contributed by atoms with E-state index in [-0.39, 0.29) is 18.1 Å². The lowest BCUT2D eigenvalue weighted by Gasteiger charge is -2.33. The van der Waals surface area contributed by atoms with E-state index in [0.717, 1.165) is 30.6 Å². The van der Waals surface area contributed by atoms with Gasteiger partial charge in [0.05, 0.1) is 13.2 Å². The molecule has 2 heterocycles. The first-order valence-corrected chi connectivity index (χ1v) is 10.7. The monoisotopic (exact) mass is 411 g/mol. The van der Waals surface area contributed by atoms with E-state index >= 15 is 0 Å². The van der Waals surface area contributed by atoms with Crippen LogP contribution >= 0.6 is 0 Å². The van der Waals surface area contributed by atoms with Gasteiger partial charge in [-0.15, -0.1) is 0 Å². The number of nitrogens with zero attached hydrogens (tertiary/aromatic N) is 1. The molecule has 0 aliphatic carbocycles. The second-order valence-corrected chi connectivity index (χ2v) is 9.15. The quantitative estimate of drug-likeness (QED) is 0.757. The van der Waals surface area contributed by atoms with Crippen molar-refractivity contribution >= 4 is 17.5 Å². The minimum absolute atomic E-state index is 0.0969. The van der Waals surface area contributed by atoms with E-state index in [1.165, 1.54) is 0 Å². The maximum atomic E-state index is 12.1. The number of hydrogen-bond donors (Lipinski definition) is 0. The number of hydrogen-bond acceptors (Lipinski definition) is 6. The molecular weight excluding hydrogens is 382 g/mol. The highest BCUT2D eigenvalue weighted by atomic mass is 32.2. The maximum Gasteiger partial charge on any atom is 0.410 e. The number of piperidine rings is 1. The highest BCUT2D eigenvalue weighted by molar-refractivity contribution is 7.75. The molecule has 156 valence electrons. The molecular formula is C20H29NO6S. The Morgan fingerprint density at radius 3 is 2.32 bits per heavy atom. The summed E-state index contributed by atoms with van der Waals surface area (Å²) in [6.07, 6.45) is 2.23. The van der Waals surface area contributed by atoms with Crippen molar-refractivity contribution < 1.29 is 26.8 Å². The molecule has 2 saturated heterocycles. The van der Waals surface area contributed by atoms with E-state index in [4.69, 9.17) is 17.8 Å². The fraction of sp³-hybridized carbons (Fsp3) is 0.650. The standard InChI is InChI=1S/C20H29NO6S/c1-20(2,3)27-19(22)21-10-8-18(9-11-21)26-17-6-4-15(5-7-17)12-16-13-24-28(23)25-14-16/h4-7,16,18H,8-14H2,1-3H3. The summed E-state index contributed by atoms with van der Waals surface area (Å²) >= 11 is -1.59. The third-order valence-electron chi connectivity index (χ3n) is 4.64. The highest BCUT2D eigenvalue weighted by Gasteiger charge is 2.27. The van der Waals surface area contributed by atoms with Crippen LogP contribution in [0.5, 0.6) is 5.75 Å². The minimum atomic E-state index is -1.59. The van der Waals surface area contributed by atoms with Gasteiger partial charge in [-0.1, -0.05) is 12.1 Å².